The van der Waals surface area contributed by atoms with E-state index in [0.29, 0.717) is 28.4 Å². The average molecular weight is 427 g/mol. The quantitative estimate of drug-likeness (QED) is 0.536. The van der Waals surface area contributed by atoms with Gasteiger partial charge < -0.3 is 10.1 Å². The third-order valence-corrected chi connectivity index (χ3v) is 5.60. The molecule has 3 rings (SSSR count). The summed E-state index contributed by atoms with van der Waals surface area (Å²) in [4.78, 5) is 25.9. The number of carbonyl (C=O) groups is 2. The molecular formula is C24H27ClN2O3. The molecule has 0 aliphatic carbocycles. The standard InChI is InChI=1S/C24H27ClN2O3/c1-5-6-11-26-23(28)13-18-16(3)27(24(29)17-9-7-15(2)8-10-17)21-14-20(25)22(30-4)12-19(18)21/h7-10,12,14H,5-6,11,13H2,1-4H3,(H,26,28). The van der Waals surface area contributed by atoms with Crippen molar-refractivity contribution in [2.24, 2.45) is 0 Å². The minimum Gasteiger partial charge on any atom is -0.495 e. The zero-order valence-electron chi connectivity index (χ0n) is 17.8. The predicted molar refractivity (Wildman–Crippen MR) is 121 cm³/mol. The Bertz CT molecular complexity index is 1080. The van der Waals surface area contributed by atoms with Gasteiger partial charge in [0.2, 0.25) is 5.91 Å². The summed E-state index contributed by atoms with van der Waals surface area (Å²) in [6, 6.07) is 11.0. The molecule has 0 saturated heterocycles. The van der Waals surface area contributed by atoms with E-state index < -0.39 is 0 Å². The number of benzene rings is 2. The van der Waals surface area contributed by atoms with Crippen LogP contribution in [0, 0.1) is 13.8 Å². The maximum absolute atomic E-state index is 13.4. The molecule has 5 nitrogen and oxygen atoms in total. The number of amides is 1. The van der Waals surface area contributed by atoms with Gasteiger partial charge in [0.05, 0.1) is 24.1 Å². The number of nitrogens with zero attached hydrogens (tertiary/aromatic N) is 1. The first-order chi connectivity index (χ1) is 14.4. The van der Waals surface area contributed by atoms with Gasteiger partial charge in [-0.1, -0.05) is 42.6 Å². The average Bonchev–Trinajstić information content (AvgIpc) is 2.98. The summed E-state index contributed by atoms with van der Waals surface area (Å²) in [5, 5.41) is 4.16. The number of nitrogens with one attached hydrogen (secondary N) is 1. The second-order valence-corrected chi connectivity index (χ2v) is 7.86. The molecular weight excluding hydrogens is 400 g/mol. The molecule has 0 bridgehead atoms. The number of carbonyl (C=O) groups excluding carboxylic acids is 2. The molecule has 1 aromatic heterocycles. The molecule has 30 heavy (non-hydrogen) atoms. The molecule has 6 heteroatoms. The van der Waals surface area contributed by atoms with Crippen LogP contribution in [-0.2, 0) is 11.2 Å². The molecule has 1 heterocycles. The molecule has 0 aliphatic rings. The highest BCUT2D eigenvalue weighted by molar-refractivity contribution is 6.33. The Balaban J connectivity index is 2.11. The minimum absolute atomic E-state index is 0.0673. The molecule has 0 atom stereocenters. The summed E-state index contributed by atoms with van der Waals surface area (Å²) >= 11 is 6.37. The van der Waals surface area contributed by atoms with Gasteiger partial charge in [0.15, 0.2) is 0 Å². The van der Waals surface area contributed by atoms with Crippen molar-refractivity contribution >= 4 is 34.3 Å². The van der Waals surface area contributed by atoms with Crippen LogP contribution in [0.25, 0.3) is 10.9 Å². The summed E-state index contributed by atoms with van der Waals surface area (Å²) in [6.45, 7) is 6.56. The van der Waals surface area contributed by atoms with Gasteiger partial charge in [-0.15, -0.1) is 0 Å². The van der Waals surface area contributed by atoms with Gasteiger partial charge in [-0.05, 0) is 50.1 Å². The van der Waals surface area contributed by atoms with Crippen LogP contribution in [0.3, 0.4) is 0 Å². The molecule has 0 spiro atoms. The molecule has 3 aromatic rings. The van der Waals surface area contributed by atoms with Crippen molar-refractivity contribution in [1.82, 2.24) is 9.88 Å². The Morgan fingerprint density at radius 2 is 1.83 bits per heavy atom. The number of hydrogen-bond acceptors (Lipinski definition) is 3. The molecule has 0 fully saturated rings. The topological polar surface area (TPSA) is 60.3 Å². The summed E-state index contributed by atoms with van der Waals surface area (Å²) in [5.41, 5.74) is 3.85. The second-order valence-electron chi connectivity index (χ2n) is 7.45. The molecule has 2 aromatic carbocycles. The molecule has 0 radical (unpaired) electrons. The Labute approximate surface area is 182 Å². The van der Waals surface area contributed by atoms with E-state index in [1.165, 1.54) is 0 Å². The van der Waals surface area contributed by atoms with Crippen molar-refractivity contribution in [3.05, 3.63) is 63.8 Å². The predicted octanol–water partition coefficient (Wildman–Crippen LogP) is 5.07. The highest BCUT2D eigenvalue weighted by atomic mass is 35.5. The van der Waals surface area contributed by atoms with Crippen LogP contribution in [0.2, 0.25) is 5.02 Å². The van der Waals surface area contributed by atoms with E-state index in [2.05, 4.69) is 12.2 Å². The molecule has 0 unspecified atom stereocenters. The van der Waals surface area contributed by atoms with Crippen molar-refractivity contribution in [3.63, 3.8) is 0 Å². The van der Waals surface area contributed by atoms with E-state index in [0.717, 1.165) is 35.0 Å². The van der Waals surface area contributed by atoms with Crippen LogP contribution in [0.1, 0.15) is 46.9 Å². The zero-order chi connectivity index (χ0) is 21.8. The van der Waals surface area contributed by atoms with Crippen LogP contribution in [0.15, 0.2) is 36.4 Å². The molecule has 1 N–H and O–H groups in total. The van der Waals surface area contributed by atoms with Gasteiger partial charge in [0.25, 0.3) is 5.91 Å². The highest BCUT2D eigenvalue weighted by Crippen LogP contribution is 2.35. The van der Waals surface area contributed by atoms with Crippen molar-refractivity contribution in [2.45, 2.75) is 40.0 Å². The Morgan fingerprint density at radius 1 is 1.13 bits per heavy atom. The van der Waals surface area contributed by atoms with E-state index >= 15 is 0 Å². The van der Waals surface area contributed by atoms with Crippen molar-refractivity contribution < 1.29 is 14.3 Å². The number of aryl methyl sites for hydroxylation is 1. The number of rotatable bonds is 7. The normalized spacial score (nSPS) is 11.0. The lowest BCUT2D eigenvalue weighted by Crippen LogP contribution is -2.26. The summed E-state index contributed by atoms with van der Waals surface area (Å²) < 4.78 is 7.01. The molecule has 0 saturated carbocycles. The summed E-state index contributed by atoms with van der Waals surface area (Å²) in [7, 11) is 1.55. The van der Waals surface area contributed by atoms with Gasteiger partial charge in [-0.2, -0.15) is 0 Å². The van der Waals surface area contributed by atoms with Gasteiger partial charge in [-0.3, -0.25) is 14.2 Å². The van der Waals surface area contributed by atoms with E-state index in [9.17, 15) is 9.59 Å². The molecule has 158 valence electrons. The molecule has 0 aliphatic heterocycles. The van der Waals surface area contributed by atoms with Crippen LogP contribution in [0.5, 0.6) is 5.75 Å². The van der Waals surface area contributed by atoms with Crippen LogP contribution in [-0.4, -0.2) is 30.0 Å². The smallest absolute Gasteiger partial charge is 0.262 e. The lowest BCUT2D eigenvalue weighted by atomic mass is 10.1. The highest BCUT2D eigenvalue weighted by Gasteiger charge is 2.23. The maximum atomic E-state index is 13.4. The third-order valence-electron chi connectivity index (χ3n) is 5.30. The van der Waals surface area contributed by atoms with Gasteiger partial charge >= 0.3 is 0 Å². The second kappa shape index (κ2) is 9.35. The fraction of sp³-hybridized carbons (Fsp3) is 0.333. The SMILES string of the molecule is CCCCNC(=O)Cc1c(C)n(C(=O)c2ccc(C)cc2)c2cc(Cl)c(OC)cc12. The van der Waals surface area contributed by atoms with E-state index in [4.69, 9.17) is 16.3 Å². The first-order valence-electron chi connectivity index (χ1n) is 10.1. The van der Waals surface area contributed by atoms with Gasteiger partial charge in [0, 0.05) is 23.2 Å². The van der Waals surface area contributed by atoms with Crippen molar-refractivity contribution in [1.29, 1.82) is 0 Å². The molecule has 1 amide bonds. The number of ether oxygens (including phenoxy) is 1. The number of unbranched alkanes of at least 4 members (excludes halogenated alkanes) is 1. The summed E-state index contributed by atoms with van der Waals surface area (Å²) in [6.07, 6.45) is 2.13. The number of methoxy groups -OCH3 is 1. The first kappa shape index (κ1) is 21.9. The van der Waals surface area contributed by atoms with E-state index in [1.807, 2.05) is 38.1 Å². The first-order valence-corrected chi connectivity index (χ1v) is 10.5. The van der Waals surface area contributed by atoms with E-state index in [-0.39, 0.29) is 18.2 Å². The van der Waals surface area contributed by atoms with Gasteiger partial charge in [0.1, 0.15) is 5.75 Å². The monoisotopic (exact) mass is 426 g/mol. The van der Waals surface area contributed by atoms with Crippen LogP contribution >= 0.6 is 11.6 Å². The lowest BCUT2D eigenvalue weighted by Gasteiger charge is -2.09. The number of hydrogen-bond donors (Lipinski definition) is 1. The Morgan fingerprint density at radius 3 is 2.47 bits per heavy atom. The number of aromatic nitrogens is 1. The minimum atomic E-state index is -0.156. The fourth-order valence-electron chi connectivity index (χ4n) is 3.57. The maximum Gasteiger partial charge on any atom is 0.262 e. The zero-order valence-corrected chi connectivity index (χ0v) is 18.6. The summed E-state index contributed by atoms with van der Waals surface area (Å²) in [5.74, 6) is 0.287. The van der Waals surface area contributed by atoms with Crippen molar-refractivity contribution in [3.8, 4) is 5.75 Å². The van der Waals surface area contributed by atoms with Crippen LogP contribution in [0.4, 0.5) is 0 Å². The Kier molecular flexibility index (Phi) is 6.83. The Hall–Kier alpha value is -2.79. The van der Waals surface area contributed by atoms with Crippen LogP contribution < -0.4 is 10.1 Å². The largest absolute Gasteiger partial charge is 0.495 e. The van der Waals surface area contributed by atoms with Gasteiger partial charge in [-0.25, -0.2) is 0 Å². The van der Waals surface area contributed by atoms with Crippen molar-refractivity contribution in [2.75, 3.05) is 13.7 Å². The third kappa shape index (κ3) is 4.36. The number of halogens is 1. The van der Waals surface area contributed by atoms with E-state index in [1.54, 1.807) is 23.8 Å². The lowest BCUT2D eigenvalue weighted by molar-refractivity contribution is -0.120. The number of fused-ring (bicyclic) bond motifs is 1. The fourth-order valence-corrected chi connectivity index (χ4v) is 3.81.